The van der Waals surface area contributed by atoms with Crippen molar-refractivity contribution in [3.8, 4) is 0 Å². The summed E-state index contributed by atoms with van der Waals surface area (Å²) >= 11 is 0. The summed E-state index contributed by atoms with van der Waals surface area (Å²) in [6.07, 6.45) is 3.65. The zero-order valence-corrected chi connectivity index (χ0v) is 15.8. The number of nitrogens with zero attached hydrogens (tertiary/aromatic N) is 2. The molecule has 2 aromatic rings. The first-order valence-electron chi connectivity index (χ1n) is 9.12. The molecule has 0 unspecified atom stereocenters. The third-order valence-corrected chi connectivity index (χ3v) is 4.37. The van der Waals surface area contributed by atoms with Crippen molar-refractivity contribution in [2.45, 2.75) is 46.6 Å². The maximum absolute atomic E-state index is 12.3. The monoisotopic (exact) mass is 353 g/mol. The van der Waals surface area contributed by atoms with Crippen molar-refractivity contribution < 1.29 is 9.59 Å². The van der Waals surface area contributed by atoms with Crippen LogP contribution >= 0.6 is 0 Å². The second kappa shape index (κ2) is 9.70. The summed E-state index contributed by atoms with van der Waals surface area (Å²) in [5.41, 5.74) is 4.04. The molecule has 138 valence electrons. The molecule has 0 radical (unpaired) electrons. The van der Waals surface area contributed by atoms with Crippen LogP contribution in [0.15, 0.2) is 42.6 Å². The first kappa shape index (κ1) is 19.6. The van der Waals surface area contributed by atoms with Gasteiger partial charge in [-0.3, -0.25) is 14.6 Å². The van der Waals surface area contributed by atoms with E-state index in [9.17, 15) is 9.59 Å². The Labute approximate surface area is 155 Å². The molecular weight excluding hydrogens is 326 g/mol. The molecule has 26 heavy (non-hydrogen) atoms. The van der Waals surface area contributed by atoms with Gasteiger partial charge in [0, 0.05) is 31.8 Å². The molecule has 2 amide bonds. The molecule has 0 saturated carbocycles. The lowest BCUT2D eigenvalue weighted by Crippen LogP contribution is -2.35. The first-order valence-corrected chi connectivity index (χ1v) is 9.12. The van der Waals surface area contributed by atoms with Gasteiger partial charge in [-0.25, -0.2) is 0 Å². The Hall–Kier alpha value is -2.69. The Morgan fingerprint density at radius 1 is 1.04 bits per heavy atom. The van der Waals surface area contributed by atoms with Crippen molar-refractivity contribution in [2.24, 2.45) is 0 Å². The zero-order valence-electron chi connectivity index (χ0n) is 15.8. The minimum Gasteiger partial charge on any atom is -0.350 e. The van der Waals surface area contributed by atoms with Crippen LogP contribution in [0.25, 0.3) is 0 Å². The van der Waals surface area contributed by atoms with E-state index in [4.69, 9.17) is 0 Å². The molecular formula is C21H27N3O2. The molecule has 0 aliphatic heterocycles. The van der Waals surface area contributed by atoms with Gasteiger partial charge in [-0.05, 0) is 36.1 Å². The Morgan fingerprint density at radius 2 is 1.73 bits per heavy atom. The van der Waals surface area contributed by atoms with Crippen molar-refractivity contribution in [3.05, 3.63) is 59.4 Å². The minimum atomic E-state index is -0.0890. The first-order chi connectivity index (χ1) is 12.6. The third-order valence-electron chi connectivity index (χ3n) is 4.37. The molecule has 0 bridgehead atoms. The zero-order chi connectivity index (χ0) is 18.9. The van der Waals surface area contributed by atoms with Gasteiger partial charge in [-0.1, -0.05) is 38.1 Å². The van der Waals surface area contributed by atoms with Gasteiger partial charge in [0.2, 0.25) is 11.8 Å². The lowest BCUT2D eigenvalue weighted by molar-refractivity contribution is -0.121. The number of rotatable bonds is 8. The average molecular weight is 353 g/mol. The highest BCUT2D eigenvalue weighted by atomic mass is 16.2. The van der Waals surface area contributed by atoms with Crippen LogP contribution in [0, 0.1) is 0 Å². The normalized spacial score (nSPS) is 10.4. The van der Waals surface area contributed by atoms with Crippen LogP contribution in [0.1, 0.15) is 44.0 Å². The Kier molecular flexibility index (Phi) is 7.33. The highest BCUT2D eigenvalue weighted by molar-refractivity contribution is 5.94. The summed E-state index contributed by atoms with van der Waals surface area (Å²) in [6, 6.07) is 11.7. The van der Waals surface area contributed by atoms with Crippen molar-refractivity contribution in [1.29, 1.82) is 0 Å². The van der Waals surface area contributed by atoms with E-state index in [0.717, 1.165) is 35.3 Å². The molecule has 0 spiro atoms. The number of aryl methyl sites for hydroxylation is 2. The lowest BCUT2D eigenvalue weighted by atomic mass is 10.0. The summed E-state index contributed by atoms with van der Waals surface area (Å²) in [4.78, 5) is 30.4. The van der Waals surface area contributed by atoms with Gasteiger partial charge in [0.25, 0.3) is 0 Å². The van der Waals surface area contributed by atoms with Crippen LogP contribution < -0.4 is 10.2 Å². The highest BCUT2D eigenvalue weighted by Crippen LogP contribution is 2.27. The molecule has 1 heterocycles. The van der Waals surface area contributed by atoms with Gasteiger partial charge in [0.1, 0.15) is 0 Å². The summed E-state index contributed by atoms with van der Waals surface area (Å²) in [5, 5.41) is 2.86. The van der Waals surface area contributed by atoms with Gasteiger partial charge < -0.3 is 10.2 Å². The summed E-state index contributed by atoms with van der Waals surface area (Å²) < 4.78 is 0. The van der Waals surface area contributed by atoms with Crippen molar-refractivity contribution in [2.75, 3.05) is 11.4 Å². The van der Waals surface area contributed by atoms with Crippen LogP contribution in [0.5, 0.6) is 0 Å². The number of hydrogen-bond donors (Lipinski definition) is 1. The fourth-order valence-corrected chi connectivity index (χ4v) is 2.98. The van der Waals surface area contributed by atoms with Gasteiger partial charge >= 0.3 is 0 Å². The number of amides is 2. The van der Waals surface area contributed by atoms with Crippen LogP contribution in [-0.2, 0) is 29.0 Å². The summed E-state index contributed by atoms with van der Waals surface area (Å²) in [7, 11) is 0. The predicted molar refractivity (Wildman–Crippen MR) is 104 cm³/mol. The maximum Gasteiger partial charge on any atom is 0.223 e. The van der Waals surface area contributed by atoms with E-state index in [0.29, 0.717) is 13.1 Å². The minimum absolute atomic E-state index is 0.0434. The van der Waals surface area contributed by atoms with E-state index in [1.165, 1.54) is 0 Å². The van der Waals surface area contributed by atoms with Crippen molar-refractivity contribution >= 4 is 17.5 Å². The number of para-hydroxylation sites is 1. The van der Waals surface area contributed by atoms with Gasteiger partial charge in [-0.2, -0.15) is 0 Å². The maximum atomic E-state index is 12.3. The Morgan fingerprint density at radius 3 is 2.27 bits per heavy atom. The number of benzene rings is 1. The fourth-order valence-electron chi connectivity index (χ4n) is 2.98. The van der Waals surface area contributed by atoms with E-state index < -0.39 is 0 Å². The number of carbonyl (C=O) groups excluding carboxylic acids is 2. The van der Waals surface area contributed by atoms with Crippen LogP contribution in [-0.4, -0.2) is 23.3 Å². The number of hydrogen-bond acceptors (Lipinski definition) is 3. The molecule has 1 aromatic carbocycles. The Balaban J connectivity index is 2.05. The SMILES string of the molecule is CCc1cccc(CC)c1N(CCC(=O)NCc1ccccn1)C(C)=O. The van der Waals surface area contributed by atoms with Gasteiger partial charge in [0.15, 0.2) is 0 Å². The smallest absolute Gasteiger partial charge is 0.223 e. The standard InChI is InChI=1S/C21H27N3O2/c1-4-17-9-8-10-18(5-2)21(17)24(16(3)25)14-12-20(26)23-15-19-11-6-7-13-22-19/h6-11,13H,4-5,12,14-15H2,1-3H3,(H,23,26). The van der Waals surface area contributed by atoms with Crippen molar-refractivity contribution in [1.82, 2.24) is 10.3 Å². The molecule has 5 nitrogen and oxygen atoms in total. The quantitative estimate of drug-likeness (QED) is 0.792. The van der Waals surface area contributed by atoms with Crippen molar-refractivity contribution in [3.63, 3.8) is 0 Å². The number of carbonyl (C=O) groups is 2. The largest absolute Gasteiger partial charge is 0.350 e. The van der Waals surface area contributed by atoms with Gasteiger partial charge in [-0.15, -0.1) is 0 Å². The molecule has 5 heteroatoms. The molecule has 0 atom stereocenters. The molecule has 0 fully saturated rings. The molecule has 0 aliphatic rings. The third kappa shape index (κ3) is 5.15. The molecule has 1 aromatic heterocycles. The highest BCUT2D eigenvalue weighted by Gasteiger charge is 2.19. The molecule has 1 N–H and O–H groups in total. The molecule has 0 aliphatic carbocycles. The topological polar surface area (TPSA) is 62.3 Å². The second-order valence-corrected chi connectivity index (χ2v) is 6.15. The second-order valence-electron chi connectivity index (χ2n) is 6.15. The Bertz CT molecular complexity index is 722. The molecule has 0 saturated heterocycles. The van der Waals surface area contributed by atoms with E-state index >= 15 is 0 Å². The van der Waals surface area contributed by atoms with Crippen LogP contribution in [0.3, 0.4) is 0 Å². The van der Waals surface area contributed by atoms with Crippen LogP contribution in [0.4, 0.5) is 5.69 Å². The van der Waals surface area contributed by atoms with E-state index in [-0.39, 0.29) is 18.2 Å². The molecule has 2 rings (SSSR count). The number of pyridine rings is 1. The summed E-state index contributed by atoms with van der Waals surface area (Å²) in [6.45, 7) is 6.48. The number of aromatic nitrogens is 1. The average Bonchev–Trinajstić information content (AvgIpc) is 2.67. The van der Waals surface area contributed by atoms with Gasteiger partial charge in [0.05, 0.1) is 12.2 Å². The predicted octanol–water partition coefficient (Wildman–Crippen LogP) is 3.27. The number of anilines is 1. The number of nitrogens with one attached hydrogen (secondary N) is 1. The van der Waals surface area contributed by atoms with Crippen LogP contribution in [0.2, 0.25) is 0 Å². The lowest BCUT2D eigenvalue weighted by Gasteiger charge is -2.26. The fraction of sp³-hybridized carbons (Fsp3) is 0.381. The van der Waals surface area contributed by atoms with E-state index in [1.54, 1.807) is 18.0 Å². The van der Waals surface area contributed by atoms with E-state index in [1.807, 2.05) is 36.4 Å². The van der Waals surface area contributed by atoms with E-state index in [2.05, 4.69) is 24.1 Å². The summed E-state index contributed by atoms with van der Waals surface area (Å²) in [5.74, 6) is -0.132.